The summed E-state index contributed by atoms with van der Waals surface area (Å²) in [6.45, 7) is 8.44. The van der Waals surface area contributed by atoms with Crippen molar-refractivity contribution in [1.82, 2.24) is 4.57 Å². The van der Waals surface area contributed by atoms with Crippen molar-refractivity contribution in [3.05, 3.63) is 23.5 Å². The molecule has 0 amide bonds. The molecule has 1 N–H and O–H groups in total. The van der Waals surface area contributed by atoms with Gasteiger partial charge in [-0.3, -0.25) is 0 Å². The minimum Gasteiger partial charge on any atom is -0.388 e. The van der Waals surface area contributed by atoms with E-state index in [-0.39, 0.29) is 17.1 Å². The molecule has 0 spiro atoms. The van der Waals surface area contributed by atoms with Gasteiger partial charge in [0.2, 0.25) is 0 Å². The van der Waals surface area contributed by atoms with Crippen molar-refractivity contribution in [3.63, 3.8) is 0 Å². The number of hydrogen-bond donors (Lipinski definition) is 1. The summed E-state index contributed by atoms with van der Waals surface area (Å²) in [4.78, 5) is 0. The highest BCUT2D eigenvalue weighted by atomic mass is 16.5. The number of rotatable bonds is 1. The highest BCUT2D eigenvalue weighted by Crippen LogP contribution is 2.43. The van der Waals surface area contributed by atoms with Crippen LogP contribution in [0.15, 0.2) is 12.3 Å². The first kappa shape index (κ1) is 13.2. The molecular formula is C16H25NO2. The van der Waals surface area contributed by atoms with Crippen LogP contribution in [0.2, 0.25) is 0 Å². The summed E-state index contributed by atoms with van der Waals surface area (Å²) >= 11 is 0. The molecule has 2 aliphatic rings. The summed E-state index contributed by atoms with van der Waals surface area (Å²) in [5.41, 5.74) is 2.68. The Bertz CT molecular complexity index is 469. The number of ether oxygens (including phenoxy) is 1. The van der Waals surface area contributed by atoms with E-state index in [1.165, 1.54) is 5.69 Å². The Morgan fingerprint density at radius 2 is 2.16 bits per heavy atom. The van der Waals surface area contributed by atoms with Crippen LogP contribution in [0.5, 0.6) is 0 Å². The first-order valence-electron chi connectivity index (χ1n) is 7.38. The molecule has 1 aromatic rings. The maximum Gasteiger partial charge on any atom is 0.0812 e. The summed E-state index contributed by atoms with van der Waals surface area (Å²) in [6.07, 6.45) is 6.02. The summed E-state index contributed by atoms with van der Waals surface area (Å²) in [6, 6.07) is 2.11. The van der Waals surface area contributed by atoms with Gasteiger partial charge in [0.25, 0.3) is 0 Å². The molecule has 1 aliphatic heterocycles. The molecule has 3 nitrogen and oxygen atoms in total. The van der Waals surface area contributed by atoms with E-state index in [4.69, 9.17) is 4.74 Å². The standard InChI is InChI=1S/C16H25NO2/c1-15(2)9-13-12(14(18)10-15)5-7-17(13)16(3)6-4-8-19-11-16/h5,7,14,18H,4,6,8-11H2,1-3H3. The molecule has 0 radical (unpaired) electrons. The van der Waals surface area contributed by atoms with Crippen molar-refractivity contribution in [2.45, 2.75) is 58.1 Å². The van der Waals surface area contributed by atoms with Gasteiger partial charge in [0.1, 0.15) is 0 Å². The molecule has 1 saturated heterocycles. The van der Waals surface area contributed by atoms with E-state index in [0.29, 0.717) is 0 Å². The Balaban J connectivity index is 2.01. The average molecular weight is 263 g/mol. The van der Waals surface area contributed by atoms with Gasteiger partial charge in [0, 0.05) is 24.1 Å². The second kappa shape index (κ2) is 4.35. The van der Waals surface area contributed by atoms with Crippen LogP contribution in [0.4, 0.5) is 0 Å². The topological polar surface area (TPSA) is 34.4 Å². The molecule has 2 heterocycles. The van der Waals surface area contributed by atoms with Crippen molar-refractivity contribution >= 4 is 0 Å². The van der Waals surface area contributed by atoms with Crippen LogP contribution in [-0.4, -0.2) is 22.9 Å². The Kier molecular flexibility index (Phi) is 3.02. The lowest BCUT2D eigenvalue weighted by atomic mass is 9.75. The van der Waals surface area contributed by atoms with Crippen molar-refractivity contribution < 1.29 is 9.84 Å². The van der Waals surface area contributed by atoms with Crippen molar-refractivity contribution in [1.29, 1.82) is 0 Å². The monoisotopic (exact) mass is 263 g/mol. The van der Waals surface area contributed by atoms with Crippen molar-refractivity contribution in [2.24, 2.45) is 5.41 Å². The van der Waals surface area contributed by atoms with E-state index in [1.54, 1.807) is 0 Å². The maximum absolute atomic E-state index is 10.3. The number of hydrogen-bond acceptors (Lipinski definition) is 2. The van der Waals surface area contributed by atoms with Gasteiger partial charge in [0.05, 0.1) is 18.2 Å². The SMILES string of the molecule is CC1(C)Cc2c(ccn2C2(C)CCCOC2)C(O)C1. The summed E-state index contributed by atoms with van der Waals surface area (Å²) in [5.74, 6) is 0. The lowest BCUT2D eigenvalue weighted by molar-refractivity contribution is 0.00628. The second-order valence-electron chi connectivity index (χ2n) is 7.30. The van der Waals surface area contributed by atoms with E-state index in [2.05, 4.69) is 37.6 Å². The van der Waals surface area contributed by atoms with Crippen LogP contribution in [-0.2, 0) is 16.7 Å². The van der Waals surface area contributed by atoms with Crippen molar-refractivity contribution in [3.8, 4) is 0 Å². The van der Waals surface area contributed by atoms with Gasteiger partial charge >= 0.3 is 0 Å². The quantitative estimate of drug-likeness (QED) is 0.845. The molecular weight excluding hydrogens is 238 g/mol. The molecule has 19 heavy (non-hydrogen) atoms. The van der Waals surface area contributed by atoms with Gasteiger partial charge in [-0.05, 0) is 44.1 Å². The molecule has 1 aliphatic carbocycles. The molecule has 3 rings (SSSR count). The van der Waals surface area contributed by atoms with Crippen LogP contribution in [0.25, 0.3) is 0 Å². The Labute approximate surface area is 115 Å². The van der Waals surface area contributed by atoms with E-state index in [9.17, 15) is 5.11 Å². The summed E-state index contributed by atoms with van der Waals surface area (Å²) in [7, 11) is 0. The zero-order valence-electron chi connectivity index (χ0n) is 12.3. The molecule has 0 saturated carbocycles. The third-order valence-electron chi connectivity index (χ3n) is 4.78. The Morgan fingerprint density at radius 1 is 1.37 bits per heavy atom. The van der Waals surface area contributed by atoms with Crippen LogP contribution < -0.4 is 0 Å². The number of aromatic nitrogens is 1. The third kappa shape index (κ3) is 2.23. The second-order valence-corrected chi connectivity index (χ2v) is 7.30. The fraction of sp³-hybridized carbons (Fsp3) is 0.750. The zero-order chi connectivity index (χ0) is 13.7. The average Bonchev–Trinajstić information content (AvgIpc) is 2.72. The predicted molar refractivity (Wildman–Crippen MR) is 75.2 cm³/mol. The fourth-order valence-corrected chi connectivity index (χ4v) is 3.74. The lowest BCUT2D eigenvalue weighted by Crippen LogP contribution is -2.41. The van der Waals surface area contributed by atoms with Crippen LogP contribution in [0.3, 0.4) is 0 Å². The van der Waals surface area contributed by atoms with Crippen molar-refractivity contribution in [2.75, 3.05) is 13.2 Å². The molecule has 2 atom stereocenters. The smallest absolute Gasteiger partial charge is 0.0812 e. The van der Waals surface area contributed by atoms with Gasteiger partial charge in [-0.2, -0.15) is 0 Å². The van der Waals surface area contributed by atoms with E-state index in [1.807, 2.05) is 0 Å². The van der Waals surface area contributed by atoms with Gasteiger partial charge in [-0.15, -0.1) is 0 Å². The van der Waals surface area contributed by atoms with E-state index < -0.39 is 0 Å². The van der Waals surface area contributed by atoms with Crippen LogP contribution in [0, 0.1) is 5.41 Å². The highest BCUT2D eigenvalue weighted by molar-refractivity contribution is 5.30. The number of fused-ring (bicyclic) bond motifs is 1. The number of nitrogens with zero attached hydrogens (tertiary/aromatic N) is 1. The predicted octanol–water partition coefficient (Wildman–Crippen LogP) is 3.02. The Hall–Kier alpha value is -0.800. The molecule has 2 unspecified atom stereocenters. The van der Waals surface area contributed by atoms with Gasteiger partial charge in [0.15, 0.2) is 0 Å². The maximum atomic E-state index is 10.3. The first-order chi connectivity index (χ1) is 8.91. The minimum absolute atomic E-state index is 0.0545. The van der Waals surface area contributed by atoms with Gasteiger partial charge in [-0.25, -0.2) is 0 Å². The minimum atomic E-state index is -0.312. The van der Waals surface area contributed by atoms with Gasteiger partial charge < -0.3 is 14.4 Å². The van der Waals surface area contributed by atoms with Crippen LogP contribution in [0.1, 0.15) is 57.4 Å². The number of aliphatic hydroxyl groups excluding tert-OH is 1. The molecule has 106 valence electrons. The lowest BCUT2D eigenvalue weighted by Gasteiger charge is -2.40. The Morgan fingerprint density at radius 3 is 2.84 bits per heavy atom. The normalized spacial score (nSPS) is 34.0. The van der Waals surface area contributed by atoms with Gasteiger partial charge in [-0.1, -0.05) is 13.8 Å². The summed E-state index contributed by atoms with van der Waals surface area (Å²) in [5, 5.41) is 10.3. The van der Waals surface area contributed by atoms with Crippen LogP contribution >= 0.6 is 0 Å². The highest BCUT2D eigenvalue weighted by Gasteiger charge is 2.38. The molecule has 0 bridgehead atoms. The molecule has 1 aromatic heterocycles. The molecule has 0 aromatic carbocycles. The zero-order valence-corrected chi connectivity index (χ0v) is 12.3. The summed E-state index contributed by atoms with van der Waals surface area (Å²) < 4.78 is 8.08. The number of aliphatic hydroxyl groups is 1. The molecule has 3 heteroatoms. The first-order valence-corrected chi connectivity index (χ1v) is 7.38. The third-order valence-corrected chi connectivity index (χ3v) is 4.78. The molecule has 1 fully saturated rings. The van der Waals surface area contributed by atoms with E-state index in [0.717, 1.165) is 44.5 Å². The van der Waals surface area contributed by atoms with E-state index >= 15 is 0 Å². The largest absolute Gasteiger partial charge is 0.388 e. The fourth-order valence-electron chi connectivity index (χ4n) is 3.74.